The maximum absolute atomic E-state index is 3.18. The molecule has 0 saturated heterocycles. The molecule has 184 valence electrons. The third-order valence-electron chi connectivity index (χ3n) is 7.27. The first-order chi connectivity index (χ1) is 19.4. The van der Waals surface area contributed by atoms with Crippen LogP contribution in [0.3, 0.4) is 0 Å². The summed E-state index contributed by atoms with van der Waals surface area (Å²) in [6.07, 6.45) is 7.03. The fraction of sp³-hybridized carbons (Fsp3) is 0.0270. The number of aromatic nitrogens is 1. The Bertz CT molecular complexity index is 1860. The summed E-state index contributed by atoms with van der Waals surface area (Å²) in [5.74, 6) is 6.33. The Morgan fingerprint density at radius 1 is 0.564 bits per heavy atom. The molecular formula is C37H26N2. The van der Waals surface area contributed by atoms with E-state index in [0.29, 0.717) is 0 Å². The maximum atomic E-state index is 3.18. The lowest BCUT2D eigenvalue weighted by Gasteiger charge is -2.26. The first kappa shape index (κ1) is 22.9. The minimum absolute atomic E-state index is 0.770. The van der Waals surface area contributed by atoms with E-state index in [1.54, 1.807) is 0 Å². The molecule has 0 aliphatic heterocycles. The van der Waals surface area contributed by atoms with E-state index in [4.69, 9.17) is 0 Å². The quantitative estimate of drug-likeness (QED) is 0.215. The molecule has 2 heteroatoms. The highest BCUT2D eigenvalue weighted by Crippen LogP contribution is 2.34. The van der Waals surface area contributed by atoms with E-state index in [1.807, 2.05) is 12.1 Å². The molecule has 0 atom stereocenters. The van der Waals surface area contributed by atoms with Gasteiger partial charge < -0.3 is 9.47 Å². The van der Waals surface area contributed by atoms with E-state index in [9.17, 15) is 0 Å². The number of hydrogen-bond donors (Lipinski definition) is 0. The summed E-state index contributed by atoms with van der Waals surface area (Å²) in [7, 11) is 0. The molecule has 0 unspecified atom stereocenters. The van der Waals surface area contributed by atoms with Crippen LogP contribution in [0.25, 0.3) is 38.6 Å². The smallest absolute Gasteiger partial charge is 0.0542 e. The highest BCUT2D eigenvalue weighted by molar-refractivity contribution is 6.09. The Labute approximate surface area is 228 Å². The van der Waals surface area contributed by atoms with Crippen LogP contribution in [-0.2, 0) is 0 Å². The van der Waals surface area contributed by atoms with Crippen molar-refractivity contribution in [2.75, 3.05) is 4.90 Å². The number of hydrogen-bond acceptors (Lipinski definition) is 1. The van der Waals surface area contributed by atoms with Crippen molar-refractivity contribution in [2.45, 2.75) is 6.42 Å². The van der Waals surface area contributed by atoms with Crippen LogP contribution in [0.5, 0.6) is 0 Å². The zero-order valence-electron chi connectivity index (χ0n) is 21.5. The van der Waals surface area contributed by atoms with E-state index in [0.717, 1.165) is 29.2 Å². The second-order valence-corrected chi connectivity index (χ2v) is 9.63. The summed E-state index contributed by atoms with van der Waals surface area (Å²) >= 11 is 0. The maximum Gasteiger partial charge on any atom is 0.0542 e. The Hall–Kier alpha value is -5.26. The van der Waals surface area contributed by atoms with Gasteiger partial charge in [0.05, 0.1) is 16.7 Å². The molecule has 1 aromatic heterocycles. The predicted molar refractivity (Wildman–Crippen MR) is 164 cm³/mol. The molecule has 2 nitrogen and oxygen atoms in total. The molecule has 6 aromatic rings. The highest BCUT2D eigenvalue weighted by atomic mass is 15.1. The van der Waals surface area contributed by atoms with Crippen LogP contribution < -0.4 is 4.90 Å². The van der Waals surface area contributed by atoms with Crippen LogP contribution in [0.4, 0.5) is 11.4 Å². The van der Waals surface area contributed by atoms with Crippen molar-refractivity contribution in [1.29, 1.82) is 0 Å². The molecule has 7 rings (SSSR count). The summed E-state index contributed by atoms with van der Waals surface area (Å²) in [6, 6.07) is 45.4. The molecule has 0 saturated carbocycles. The lowest BCUT2D eigenvalue weighted by molar-refractivity contribution is 1.18. The number of nitrogens with zero attached hydrogens (tertiary/aromatic N) is 2. The van der Waals surface area contributed by atoms with E-state index < -0.39 is 0 Å². The van der Waals surface area contributed by atoms with Gasteiger partial charge >= 0.3 is 0 Å². The Balaban J connectivity index is 1.24. The molecule has 0 radical (unpaired) electrons. The zero-order chi connectivity index (χ0) is 26.0. The molecule has 1 aliphatic rings. The second-order valence-electron chi connectivity index (χ2n) is 9.63. The first-order valence-corrected chi connectivity index (χ1v) is 13.3. The van der Waals surface area contributed by atoms with Gasteiger partial charge in [-0.1, -0.05) is 96.8 Å². The second kappa shape index (κ2) is 9.89. The number of anilines is 2. The van der Waals surface area contributed by atoms with Gasteiger partial charge in [-0.05, 0) is 65.7 Å². The Kier molecular flexibility index (Phi) is 5.81. The molecule has 0 N–H and O–H groups in total. The number of fused-ring (bicyclic) bond motifs is 3. The van der Waals surface area contributed by atoms with Gasteiger partial charge in [0.2, 0.25) is 0 Å². The number of para-hydroxylation sites is 3. The molecular weight excluding hydrogens is 472 g/mol. The van der Waals surface area contributed by atoms with Crippen molar-refractivity contribution in [1.82, 2.24) is 4.57 Å². The van der Waals surface area contributed by atoms with E-state index in [1.165, 1.54) is 32.9 Å². The molecule has 5 aromatic carbocycles. The van der Waals surface area contributed by atoms with Crippen LogP contribution >= 0.6 is 0 Å². The highest BCUT2D eigenvalue weighted by Gasteiger charge is 2.14. The topological polar surface area (TPSA) is 8.17 Å². The largest absolute Gasteiger partial charge is 0.310 e. The fourth-order valence-corrected chi connectivity index (χ4v) is 5.44. The summed E-state index contributed by atoms with van der Waals surface area (Å²) in [5, 5.41) is 2.56. The van der Waals surface area contributed by atoms with Gasteiger partial charge in [-0.25, -0.2) is 0 Å². The third kappa shape index (κ3) is 4.21. The van der Waals surface area contributed by atoms with Gasteiger partial charge in [0.15, 0.2) is 0 Å². The van der Waals surface area contributed by atoms with Crippen LogP contribution in [0.15, 0.2) is 151 Å². The average Bonchev–Trinajstić information content (AvgIpc) is 3.12. The number of rotatable bonds is 5. The predicted octanol–water partition coefficient (Wildman–Crippen LogP) is 9.44. The van der Waals surface area contributed by atoms with Crippen molar-refractivity contribution < 1.29 is 0 Å². The number of benzene rings is 5. The SMILES string of the molecule is C1#CCC=CC(N(c2ccccc2)c2ccc(-c3ccc(-n4c5ccccc5c5ccccc54)cc3)cc2)=C1. The van der Waals surface area contributed by atoms with Gasteiger partial charge in [0.1, 0.15) is 0 Å². The minimum Gasteiger partial charge on any atom is -0.310 e. The first-order valence-electron chi connectivity index (χ1n) is 13.3. The van der Waals surface area contributed by atoms with Gasteiger partial charge in [-0.2, -0.15) is 0 Å². The minimum atomic E-state index is 0.770. The summed E-state index contributed by atoms with van der Waals surface area (Å²) in [6.45, 7) is 0. The zero-order valence-corrected chi connectivity index (χ0v) is 21.5. The molecule has 0 spiro atoms. The van der Waals surface area contributed by atoms with Crippen LogP contribution in [-0.4, -0.2) is 4.57 Å². The summed E-state index contributed by atoms with van der Waals surface area (Å²) in [4.78, 5) is 2.26. The average molecular weight is 499 g/mol. The van der Waals surface area contributed by atoms with Gasteiger partial charge in [0, 0.05) is 40.3 Å². The lowest BCUT2D eigenvalue weighted by atomic mass is 10.0. The molecule has 0 amide bonds. The molecule has 0 fully saturated rings. The van der Waals surface area contributed by atoms with Gasteiger partial charge in [-0.3, -0.25) is 0 Å². The molecule has 0 bridgehead atoms. The van der Waals surface area contributed by atoms with Crippen LogP contribution in [0.1, 0.15) is 6.42 Å². The Morgan fingerprint density at radius 2 is 1.13 bits per heavy atom. The van der Waals surface area contributed by atoms with Crippen molar-refractivity contribution in [3.05, 3.63) is 151 Å². The number of allylic oxidation sites excluding steroid dienone is 3. The Morgan fingerprint density at radius 3 is 1.79 bits per heavy atom. The van der Waals surface area contributed by atoms with Gasteiger partial charge in [0.25, 0.3) is 0 Å². The summed E-state index contributed by atoms with van der Waals surface area (Å²) < 4.78 is 2.35. The molecule has 1 aliphatic carbocycles. The third-order valence-corrected chi connectivity index (χ3v) is 7.27. The fourth-order valence-electron chi connectivity index (χ4n) is 5.44. The van der Waals surface area contributed by atoms with E-state index >= 15 is 0 Å². The monoisotopic (exact) mass is 498 g/mol. The van der Waals surface area contributed by atoms with Crippen molar-refractivity contribution in [2.24, 2.45) is 0 Å². The standard InChI is InChI=1S/C37H26N2/c1-2-5-13-30(12-4-1)38(31-14-6-3-7-15-31)32-24-20-28(21-25-32)29-22-26-33(27-23-29)39-36-18-10-8-16-34(36)35-17-9-11-19-37(35)39/h3-4,6-27H,1H2. The van der Waals surface area contributed by atoms with Crippen molar-refractivity contribution >= 4 is 33.2 Å². The molecule has 39 heavy (non-hydrogen) atoms. The lowest BCUT2D eigenvalue weighted by Crippen LogP contribution is -2.14. The van der Waals surface area contributed by atoms with Gasteiger partial charge in [-0.15, -0.1) is 0 Å². The van der Waals surface area contributed by atoms with Crippen molar-refractivity contribution in [3.63, 3.8) is 0 Å². The molecule has 1 heterocycles. The van der Waals surface area contributed by atoms with E-state index in [-0.39, 0.29) is 0 Å². The van der Waals surface area contributed by atoms with Crippen LogP contribution in [0, 0.1) is 11.8 Å². The van der Waals surface area contributed by atoms with E-state index in [2.05, 4.69) is 155 Å². The van der Waals surface area contributed by atoms with Crippen molar-refractivity contribution in [3.8, 4) is 28.7 Å². The normalized spacial score (nSPS) is 12.6. The summed E-state index contributed by atoms with van der Waals surface area (Å²) in [5.41, 5.74) is 9.27. The van der Waals surface area contributed by atoms with Crippen LogP contribution in [0.2, 0.25) is 0 Å².